The third kappa shape index (κ3) is 3.42. The zero-order valence-corrected chi connectivity index (χ0v) is 12.0. The second-order valence-corrected chi connectivity index (χ2v) is 6.06. The number of carbonyl (C=O) groups excluding carboxylic acids is 1. The van der Waals surface area contributed by atoms with Gasteiger partial charge in [0.1, 0.15) is 6.04 Å². The van der Waals surface area contributed by atoms with Crippen LogP contribution in [0.25, 0.3) is 0 Å². The lowest BCUT2D eigenvalue weighted by molar-refractivity contribution is -0.141. The molecule has 0 aromatic heterocycles. The maximum absolute atomic E-state index is 12.4. The molecule has 20 heavy (non-hydrogen) atoms. The number of amides is 2. The number of carbonyl (C=O) groups is 2. The molecule has 0 bridgehead atoms. The first-order valence-electron chi connectivity index (χ1n) is 7.41. The van der Waals surface area contributed by atoms with Gasteiger partial charge in [0, 0.05) is 26.6 Å². The van der Waals surface area contributed by atoms with E-state index >= 15 is 0 Å². The van der Waals surface area contributed by atoms with Gasteiger partial charge in [-0.1, -0.05) is 19.3 Å². The van der Waals surface area contributed by atoms with E-state index in [1.165, 1.54) is 24.2 Å². The van der Waals surface area contributed by atoms with Gasteiger partial charge in [0.25, 0.3) is 0 Å². The molecule has 0 aromatic rings. The van der Waals surface area contributed by atoms with Crippen LogP contribution in [0.3, 0.4) is 0 Å². The topological polar surface area (TPSA) is 81.1 Å². The molecule has 114 valence electrons. The number of aliphatic hydroxyl groups is 1. The number of aliphatic hydroxyl groups excluding tert-OH is 1. The van der Waals surface area contributed by atoms with E-state index in [0.717, 1.165) is 12.8 Å². The van der Waals surface area contributed by atoms with Crippen LogP contribution in [0.1, 0.15) is 38.5 Å². The first kappa shape index (κ1) is 15.1. The summed E-state index contributed by atoms with van der Waals surface area (Å²) in [6.07, 6.45) is 5.37. The molecule has 2 amide bonds. The fourth-order valence-corrected chi connectivity index (χ4v) is 3.31. The van der Waals surface area contributed by atoms with Crippen LogP contribution in [0.2, 0.25) is 0 Å². The van der Waals surface area contributed by atoms with Crippen LogP contribution in [0.15, 0.2) is 0 Å². The van der Waals surface area contributed by atoms with Gasteiger partial charge in [0.2, 0.25) is 0 Å². The van der Waals surface area contributed by atoms with Gasteiger partial charge in [0.05, 0.1) is 6.10 Å². The molecule has 1 saturated heterocycles. The predicted octanol–water partition coefficient (Wildman–Crippen LogP) is 1.14. The first-order chi connectivity index (χ1) is 9.49. The monoisotopic (exact) mass is 284 g/mol. The molecule has 1 aliphatic carbocycles. The van der Waals surface area contributed by atoms with Crippen molar-refractivity contribution in [2.24, 2.45) is 5.92 Å². The van der Waals surface area contributed by atoms with Crippen LogP contribution in [0.5, 0.6) is 0 Å². The van der Waals surface area contributed by atoms with E-state index in [9.17, 15) is 14.7 Å². The number of carboxylic acid groups (broad SMARTS) is 1. The maximum Gasteiger partial charge on any atom is 0.326 e. The summed E-state index contributed by atoms with van der Waals surface area (Å²) < 4.78 is 0. The molecule has 0 spiro atoms. The summed E-state index contributed by atoms with van der Waals surface area (Å²) in [5.74, 6) is -0.519. The Balaban J connectivity index is 1.93. The largest absolute Gasteiger partial charge is 0.480 e. The molecule has 1 heterocycles. The fraction of sp³-hybridized carbons (Fsp3) is 0.857. The number of hydrogen-bond acceptors (Lipinski definition) is 3. The summed E-state index contributed by atoms with van der Waals surface area (Å²) in [5.41, 5.74) is 0. The number of rotatable bonds is 3. The average molecular weight is 284 g/mol. The fourth-order valence-electron chi connectivity index (χ4n) is 3.31. The number of aliphatic carboxylic acids is 1. The number of carboxylic acids is 1. The number of β-amino-alcohol motifs (C(OH)–C–C–N with tert-alkyl or cyclic N) is 1. The third-order valence-electron chi connectivity index (χ3n) is 4.39. The van der Waals surface area contributed by atoms with Gasteiger partial charge < -0.3 is 20.0 Å². The zero-order chi connectivity index (χ0) is 14.7. The molecule has 6 nitrogen and oxygen atoms in total. The van der Waals surface area contributed by atoms with E-state index in [-0.39, 0.29) is 19.0 Å². The molecule has 0 radical (unpaired) electrons. The Hall–Kier alpha value is -1.30. The van der Waals surface area contributed by atoms with Crippen LogP contribution in [-0.4, -0.2) is 64.3 Å². The van der Waals surface area contributed by atoms with Crippen molar-refractivity contribution in [2.75, 3.05) is 20.1 Å². The molecule has 2 N–H and O–H groups in total. The lowest BCUT2D eigenvalue weighted by Crippen LogP contribution is -2.48. The molecule has 1 aliphatic heterocycles. The minimum absolute atomic E-state index is 0.116. The van der Waals surface area contributed by atoms with Crippen LogP contribution >= 0.6 is 0 Å². The molecule has 2 aliphatic rings. The van der Waals surface area contributed by atoms with Crippen molar-refractivity contribution in [3.63, 3.8) is 0 Å². The van der Waals surface area contributed by atoms with E-state index in [0.29, 0.717) is 12.5 Å². The molecule has 2 rings (SSSR count). The molecule has 1 saturated carbocycles. The second kappa shape index (κ2) is 6.43. The van der Waals surface area contributed by atoms with E-state index < -0.39 is 18.1 Å². The van der Waals surface area contributed by atoms with Gasteiger partial charge in [-0.25, -0.2) is 9.59 Å². The van der Waals surface area contributed by atoms with E-state index in [1.54, 1.807) is 11.9 Å². The molecular formula is C14H24N2O4. The van der Waals surface area contributed by atoms with Gasteiger partial charge in [-0.05, 0) is 18.8 Å². The lowest BCUT2D eigenvalue weighted by Gasteiger charge is -2.31. The number of urea groups is 1. The highest BCUT2D eigenvalue weighted by atomic mass is 16.4. The van der Waals surface area contributed by atoms with Crippen LogP contribution in [-0.2, 0) is 4.79 Å². The highest BCUT2D eigenvalue weighted by molar-refractivity contribution is 5.83. The number of hydrogen-bond donors (Lipinski definition) is 2. The Labute approximate surface area is 119 Å². The molecule has 6 heteroatoms. The molecular weight excluding hydrogens is 260 g/mol. The van der Waals surface area contributed by atoms with Gasteiger partial charge in [-0.15, -0.1) is 0 Å². The van der Waals surface area contributed by atoms with Crippen molar-refractivity contribution in [3.05, 3.63) is 0 Å². The van der Waals surface area contributed by atoms with Crippen LogP contribution in [0, 0.1) is 5.92 Å². The molecule has 2 fully saturated rings. The molecule has 0 aromatic carbocycles. The second-order valence-electron chi connectivity index (χ2n) is 6.06. The molecule has 2 atom stereocenters. The Kier molecular flexibility index (Phi) is 4.86. The van der Waals surface area contributed by atoms with Crippen LogP contribution < -0.4 is 0 Å². The Morgan fingerprint density at radius 2 is 1.90 bits per heavy atom. The normalized spacial score (nSPS) is 27.6. The first-order valence-corrected chi connectivity index (χ1v) is 7.41. The highest BCUT2D eigenvalue weighted by Crippen LogP contribution is 2.25. The predicted molar refractivity (Wildman–Crippen MR) is 73.4 cm³/mol. The summed E-state index contributed by atoms with van der Waals surface area (Å²) in [4.78, 5) is 26.4. The summed E-state index contributed by atoms with van der Waals surface area (Å²) in [6, 6.07) is -1.18. The Morgan fingerprint density at radius 1 is 1.25 bits per heavy atom. The Bertz CT molecular complexity index is 368. The maximum atomic E-state index is 12.4. The summed E-state index contributed by atoms with van der Waals surface area (Å²) >= 11 is 0. The summed E-state index contributed by atoms with van der Waals surface area (Å²) in [6.45, 7) is 0.794. The van der Waals surface area contributed by atoms with Gasteiger partial charge in [0.15, 0.2) is 0 Å². The third-order valence-corrected chi connectivity index (χ3v) is 4.39. The van der Waals surface area contributed by atoms with Gasteiger partial charge in [-0.2, -0.15) is 0 Å². The average Bonchev–Trinajstić information content (AvgIpc) is 2.81. The Morgan fingerprint density at radius 3 is 2.50 bits per heavy atom. The quantitative estimate of drug-likeness (QED) is 0.814. The van der Waals surface area contributed by atoms with Crippen molar-refractivity contribution in [2.45, 2.75) is 50.7 Å². The summed E-state index contributed by atoms with van der Waals surface area (Å²) in [5, 5.41) is 18.7. The van der Waals surface area contributed by atoms with Crippen molar-refractivity contribution in [1.29, 1.82) is 0 Å². The van der Waals surface area contributed by atoms with Gasteiger partial charge in [-0.3, -0.25) is 0 Å². The molecule has 0 unspecified atom stereocenters. The van der Waals surface area contributed by atoms with Crippen molar-refractivity contribution in [1.82, 2.24) is 9.80 Å². The minimum atomic E-state index is -1.04. The van der Waals surface area contributed by atoms with E-state index in [1.807, 2.05) is 0 Å². The van der Waals surface area contributed by atoms with Crippen molar-refractivity contribution >= 4 is 12.0 Å². The van der Waals surface area contributed by atoms with Gasteiger partial charge >= 0.3 is 12.0 Å². The van der Waals surface area contributed by atoms with Crippen molar-refractivity contribution in [3.8, 4) is 0 Å². The lowest BCUT2D eigenvalue weighted by atomic mass is 9.89. The zero-order valence-electron chi connectivity index (χ0n) is 12.0. The smallest absolute Gasteiger partial charge is 0.326 e. The number of nitrogens with zero attached hydrogens (tertiary/aromatic N) is 2. The van der Waals surface area contributed by atoms with Crippen molar-refractivity contribution < 1.29 is 19.8 Å². The SMILES string of the molecule is CN(CC1CCCCC1)C(=O)N1C[C@H](O)C[C@H]1C(=O)O. The van der Waals surface area contributed by atoms with Crippen LogP contribution in [0.4, 0.5) is 4.79 Å². The summed E-state index contributed by atoms with van der Waals surface area (Å²) in [7, 11) is 1.72. The minimum Gasteiger partial charge on any atom is -0.480 e. The van der Waals surface area contributed by atoms with E-state index in [2.05, 4.69) is 0 Å². The highest BCUT2D eigenvalue weighted by Gasteiger charge is 2.40. The van der Waals surface area contributed by atoms with E-state index in [4.69, 9.17) is 5.11 Å². The number of likely N-dealkylation sites (tertiary alicyclic amines) is 1. The standard InChI is InChI=1S/C14H24N2O4/c1-15(8-10-5-3-2-4-6-10)14(20)16-9-11(17)7-12(16)13(18)19/h10-12,17H,2-9H2,1H3,(H,18,19)/t11-,12+/m1/s1.